The summed E-state index contributed by atoms with van der Waals surface area (Å²) in [6.45, 7) is 0.514. The summed E-state index contributed by atoms with van der Waals surface area (Å²) >= 11 is 6.54. The first-order valence-corrected chi connectivity index (χ1v) is 5.21. The molecule has 0 unspecified atom stereocenters. The van der Waals surface area contributed by atoms with Crippen LogP contribution >= 0.6 is 24.0 Å². The highest BCUT2D eigenvalue weighted by atomic mass is 32.2. The number of rotatable bonds is 3. The Morgan fingerprint density at radius 3 is 2.67 bits per heavy atom. The molecule has 0 aliphatic rings. The highest BCUT2D eigenvalue weighted by Gasteiger charge is 1.94. The molecule has 1 aromatic rings. The highest BCUT2D eigenvalue weighted by molar-refractivity contribution is 8.22. The van der Waals surface area contributed by atoms with Gasteiger partial charge in [-0.2, -0.15) is 0 Å². The summed E-state index contributed by atoms with van der Waals surface area (Å²) in [7, 11) is 0. The van der Waals surface area contributed by atoms with Crippen molar-refractivity contribution in [2.75, 3.05) is 12.9 Å². The third-order valence-electron chi connectivity index (χ3n) is 1.33. The fourth-order valence-corrected chi connectivity index (χ4v) is 0.954. The Labute approximate surface area is 82.1 Å². The number of thiocarbonyl (C=S) groups is 1. The first-order chi connectivity index (χ1) is 5.83. The van der Waals surface area contributed by atoms with E-state index < -0.39 is 0 Å². The first kappa shape index (κ1) is 9.55. The minimum atomic E-state index is 0.514. The van der Waals surface area contributed by atoms with Crippen molar-refractivity contribution in [2.24, 2.45) is 0 Å². The van der Waals surface area contributed by atoms with Crippen LogP contribution in [0.15, 0.2) is 30.3 Å². The van der Waals surface area contributed by atoms with Crippen molar-refractivity contribution < 1.29 is 4.74 Å². The number of hydrogen-bond donors (Lipinski definition) is 0. The van der Waals surface area contributed by atoms with Gasteiger partial charge in [0.25, 0.3) is 0 Å². The topological polar surface area (TPSA) is 9.23 Å². The molecule has 0 spiro atoms. The van der Waals surface area contributed by atoms with Gasteiger partial charge in [-0.1, -0.05) is 30.4 Å². The van der Waals surface area contributed by atoms with E-state index in [2.05, 4.69) is 0 Å². The van der Waals surface area contributed by atoms with Gasteiger partial charge in [-0.25, -0.2) is 0 Å². The van der Waals surface area contributed by atoms with E-state index >= 15 is 0 Å². The fourth-order valence-electron chi connectivity index (χ4n) is 0.718. The molecule has 1 rings (SSSR count). The van der Waals surface area contributed by atoms with Crippen LogP contribution in [0.3, 0.4) is 0 Å². The number of ether oxygens (including phenoxy) is 1. The summed E-state index contributed by atoms with van der Waals surface area (Å²) in [5.41, 5.74) is 0. The van der Waals surface area contributed by atoms with Gasteiger partial charge in [0.05, 0.1) is 4.20 Å². The second-order valence-electron chi connectivity index (χ2n) is 2.18. The predicted molar refractivity (Wildman–Crippen MR) is 58.1 cm³/mol. The average molecular weight is 198 g/mol. The lowest BCUT2D eigenvalue weighted by atomic mass is 10.3. The maximum absolute atomic E-state index is 5.40. The smallest absolute Gasteiger partial charge is 0.129 e. The van der Waals surface area contributed by atoms with Crippen molar-refractivity contribution in [2.45, 2.75) is 0 Å². The molecule has 0 aromatic heterocycles. The lowest BCUT2D eigenvalue weighted by Crippen LogP contribution is -2.04. The second kappa shape index (κ2) is 5.17. The van der Waals surface area contributed by atoms with Gasteiger partial charge in [-0.15, -0.1) is 11.8 Å². The highest BCUT2D eigenvalue weighted by Crippen LogP contribution is 2.09. The summed E-state index contributed by atoms with van der Waals surface area (Å²) in [6.07, 6.45) is 1.96. The zero-order valence-electron chi connectivity index (χ0n) is 6.82. The molecule has 0 saturated heterocycles. The molecule has 0 atom stereocenters. The van der Waals surface area contributed by atoms with E-state index in [1.54, 1.807) is 11.8 Å². The Kier molecular flexibility index (Phi) is 4.11. The van der Waals surface area contributed by atoms with Crippen LogP contribution in [-0.2, 0) is 0 Å². The summed E-state index contributed by atoms with van der Waals surface area (Å²) in [5, 5.41) is 0. The molecular formula is C9H10OS2. The van der Waals surface area contributed by atoms with Crippen LogP contribution in [0.25, 0.3) is 0 Å². The van der Waals surface area contributed by atoms with Gasteiger partial charge < -0.3 is 4.74 Å². The van der Waals surface area contributed by atoms with Gasteiger partial charge in [-0.3, -0.25) is 0 Å². The molecule has 0 fully saturated rings. The molecule has 0 bridgehead atoms. The van der Waals surface area contributed by atoms with Crippen LogP contribution in [0.5, 0.6) is 5.75 Å². The van der Waals surface area contributed by atoms with Crippen molar-refractivity contribution in [3.8, 4) is 5.75 Å². The monoisotopic (exact) mass is 198 g/mol. The number of hydrogen-bond acceptors (Lipinski definition) is 3. The number of para-hydroxylation sites is 1. The number of thioether (sulfide) groups is 1. The molecule has 0 radical (unpaired) electrons. The molecular weight excluding hydrogens is 188 g/mol. The Balaban J connectivity index is 2.38. The lowest BCUT2D eigenvalue weighted by Gasteiger charge is -2.04. The van der Waals surface area contributed by atoms with E-state index in [4.69, 9.17) is 17.0 Å². The van der Waals surface area contributed by atoms with Crippen molar-refractivity contribution in [1.82, 2.24) is 0 Å². The molecule has 1 aromatic carbocycles. The van der Waals surface area contributed by atoms with Crippen molar-refractivity contribution >= 4 is 28.2 Å². The largest absolute Gasteiger partial charge is 0.487 e. The maximum Gasteiger partial charge on any atom is 0.129 e. The van der Waals surface area contributed by atoms with Gasteiger partial charge >= 0.3 is 0 Å². The van der Waals surface area contributed by atoms with Gasteiger partial charge in [0.1, 0.15) is 12.4 Å². The summed E-state index contributed by atoms with van der Waals surface area (Å²) in [4.78, 5) is 0. The van der Waals surface area contributed by atoms with Crippen LogP contribution < -0.4 is 4.74 Å². The van der Waals surface area contributed by atoms with E-state index in [-0.39, 0.29) is 0 Å². The van der Waals surface area contributed by atoms with Crippen LogP contribution in [0.1, 0.15) is 0 Å². The van der Waals surface area contributed by atoms with Gasteiger partial charge in [0.15, 0.2) is 0 Å². The van der Waals surface area contributed by atoms with E-state index in [9.17, 15) is 0 Å². The van der Waals surface area contributed by atoms with Gasteiger partial charge in [0.2, 0.25) is 0 Å². The molecule has 0 aliphatic heterocycles. The third kappa shape index (κ3) is 3.24. The molecule has 3 heteroatoms. The van der Waals surface area contributed by atoms with Crippen LogP contribution in [0.4, 0.5) is 0 Å². The van der Waals surface area contributed by atoms with Crippen molar-refractivity contribution in [3.63, 3.8) is 0 Å². The summed E-state index contributed by atoms with van der Waals surface area (Å²) < 4.78 is 6.27. The maximum atomic E-state index is 5.40. The zero-order chi connectivity index (χ0) is 8.81. The summed E-state index contributed by atoms with van der Waals surface area (Å²) in [6, 6.07) is 9.68. The van der Waals surface area contributed by atoms with Crippen LogP contribution in [0, 0.1) is 0 Å². The number of benzene rings is 1. The quantitative estimate of drug-likeness (QED) is 0.691. The molecule has 12 heavy (non-hydrogen) atoms. The molecule has 1 nitrogen and oxygen atoms in total. The van der Waals surface area contributed by atoms with Crippen LogP contribution in [0.2, 0.25) is 0 Å². The Hall–Kier alpha value is -0.540. The Morgan fingerprint density at radius 2 is 2.08 bits per heavy atom. The molecule has 0 aliphatic carbocycles. The van der Waals surface area contributed by atoms with Gasteiger partial charge in [-0.05, 0) is 18.4 Å². The molecule has 0 N–H and O–H groups in total. The third-order valence-corrected chi connectivity index (χ3v) is 2.52. The Morgan fingerprint density at radius 1 is 1.42 bits per heavy atom. The molecule has 0 amide bonds. The minimum absolute atomic E-state index is 0.514. The molecule has 64 valence electrons. The van der Waals surface area contributed by atoms with Crippen molar-refractivity contribution in [1.29, 1.82) is 0 Å². The van der Waals surface area contributed by atoms with E-state index in [1.807, 2.05) is 36.6 Å². The minimum Gasteiger partial charge on any atom is -0.487 e. The van der Waals surface area contributed by atoms with Gasteiger partial charge in [0, 0.05) is 0 Å². The predicted octanol–water partition coefficient (Wildman–Crippen LogP) is 2.76. The van der Waals surface area contributed by atoms with Crippen molar-refractivity contribution in [3.05, 3.63) is 30.3 Å². The zero-order valence-corrected chi connectivity index (χ0v) is 8.45. The first-order valence-electron chi connectivity index (χ1n) is 3.57. The SMILES string of the molecule is CSC(=S)COc1ccccc1. The standard InChI is InChI=1S/C9H10OS2/c1-12-9(11)7-10-8-5-3-2-4-6-8/h2-6H,7H2,1H3. The Bertz CT molecular complexity index is 246. The molecule has 0 saturated carbocycles. The lowest BCUT2D eigenvalue weighted by molar-refractivity contribution is 0.381. The molecule has 0 heterocycles. The van der Waals surface area contributed by atoms with E-state index in [0.717, 1.165) is 9.95 Å². The second-order valence-corrected chi connectivity index (χ2v) is 3.83. The summed E-state index contributed by atoms with van der Waals surface area (Å²) in [5.74, 6) is 0.869. The van der Waals surface area contributed by atoms with Crippen LogP contribution in [-0.4, -0.2) is 17.1 Å². The average Bonchev–Trinajstić information content (AvgIpc) is 2.16. The fraction of sp³-hybridized carbons (Fsp3) is 0.222. The van der Waals surface area contributed by atoms with E-state index in [0.29, 0.717) is 6.61 Å². The normalized spacial score (nSPS) is 9.42. The van der Waals surface area contributed by atoms with E-state index in [1.165, 1.54) is 0 Å².